The summed E-state index contributed by atoms with van der Waals surface area (Å²) in [4.78, 5) is 31.5. The summed E-state index contributed by atoms with van der Waals surface area (Å²) in [5.41, 5.74) is 2.01. The number of rotatable bonds is 9. The Kier molecular flexibility index (Phi) is 8.76. The number of thiazole rings is 1. The zero-order valence-corrected chi connectivity index (χ0v) is 23.1. The van der Waals surface area contributed by atoms with Gasteiger partial charge in [0.25, 0.3) is 0 Å². The molecule has 1 aliphatic heterocycles. The SMILES string of the molecule is COC(=O)C1CCC(OC(C(=O)Cc2ccc(Nc3nc4ccc(F)cc4s3)c(Cl)c2)N2CC[C@H](F)C2)CC1. The van der Waals surface area contributed by atoms with E-state index in [9.17, 15) is 18.4 Å². The van der Waals surface area contributed by atoms with Crippen LogP contribution in [0.1, 0.15) is 37.7 Å². The van der Waals surface area contributed by atoms with Crippen LogP contribution in [-0.2, 0) is 25.5 Å². The van der Waals surface area contributed by atoms with Gasteiger partial charge in [0.05, 0.1) is 40.1 Å². The molecule has 1 saturated heterocycles. The average molecular weight is 578 g/mol. The summed E-state index contributed by atoms with van der Waals surface area (Å²) in [5.74, 6) is -0.849. The molecule has 1 saturated carbocycles. The van der Waals surface area contributed by atoms with Crippen LogP contribution >= 0.6 is 22.9 Å². The Labute approximate surface area is 234 Å². The Hall–Kier alpha value is -2.66. The predicted molar refractivity (Wildman–Crippen MR) is 147 cm³/mol. The van der Waals surface area contributed by atoms with Gasteiger partial charge in [-0.3, -0.25) is 14.5 Å². The molecule has 1 aromatic heterocycles. The molecule has 2 heterocycles. The quantitative estimate of drug-likeness (QED) is 0.310. The number of likely N-dealkylation sites (tertiary alicyclic amines) is 1. The first-order valence-electron chi connectivity index (χ1n) is 13.0. The van der Waals surface area contributed by atoms with Gasteiger partial charge in [0, 0.05) is 19.5 Å². The Morgan fingerprint density at radius 2 is 1.97 bits per heavy atom. The number of hydrogen-bond donors (Lipinski definition) is 1. The number of ether oxygens (including phenoxy) is 2. The molecular weight excluding hydrogens is 548 g/mol. The Morgan fingerprint density at radius 1 is 1.18 bits per heavy atom. The third-order valence-electron chi connectivity index (χ3n) is 7.30. The highest BCUT2D eigenvalue weighted by atomic mass is 35.5. The van der Waals surface area contributed by atoms with Crippen molar-refractivity contribution in [2.45, 2.75) is 57.0 Å². The van der Waals surface area contributed by atoms with Crippen molar-refractivity contribution < 1.29 is 27.8 Å². The highest BCUT2D eigenvalue weighted by Gasteiger charge is 2.36. The Balaban J connectivity index is 1.24. The van der Waals surface area contributed by atoms with E-state index in [0.29, 0.717) is 65.6 Å². The van der Waals surface area contributed by atoms with E-state index in [1.165, 1.54) is 30.6 Å². The van der Waals surface area contributed by atoms with Gasteiger partial charge in [-0.25, -0.2) is 13.8 Å². The number of methoxy groups -OCH3 is 1. The number of nitrogens with zero attached hydrogens (tertiary/aromatic N) is 2. The zero-order chi connectivity index (χ0) is 27.5. The van der Waals surface area contributed by atoms with Crippen molar-refractivity contribution in [2.24, 2.45) is 5.92 Å². The van der Waals surface area contributed by atoms with Crippen LogP contribution in [0.2, 0.25) is 5.02 Å². The molecule has 5 rings (SSSR count). The molecule has 208 valence electrons. The molecule has 2 aromatic carbocycles. The van der Waals surface area contributed by atoms with Crippen molar-refractivity contribution in [3.63, 3.8) is 0 Å². The smallest absolute Gasteiger partial charge is 0.308 e. The van der Waals surface area contributed by atoms with Crippen LogP contribution in [0, 0.1) is 11.7 Å². The van der Waals surface area contributed by atoms with Crippen LogP contribution in [0.4, 0.5) is 19.6 Å². The van der Waals surface area contributed by atoms with E-state index in [1.54, 1.807) is 29.2 Å². The number of hydrogen-bond acceptors (Lipinski definition) is 8. The minimum atomic E-state index is -0.988. The number of aromatic nitrogens is 1. The number of halogens is 3. The fraction of sp³-hybridized carbons (Fsp3) is 0.464. The average Bonchev–Trinajstić information content (AvgIpc) is 3.53. The molecular formula is C28H30ClF2N3O4S. The second-order valence-electron chi connectivity index (χ2n) is 10.1. The maximum absolute atomic E-state index is 14.0. The fourth-order valence-electron chi connectivity index (χ4n) is 5.23. The van der Waals surface area contributed by atoms with E-state index in [0.717, 1.165) is 4.70 Å². The molecule has 2 aliphatic rings. The van der Waals surface area contributed by atoms with Crippen LogP contribution in [0.15, 0.2) is 36.4 Å². The lowest BCUT2D eigenvalue weighted by Crippen LogP contribution is -2.45. The van der Waals surface area contributed by atoms with E-state index < -0.39 is 12.4 Å². The fourth-order valence-corrected chi connectivity index (χ4v) is 6.38. The first-order chi connectivity index (χ1) is 18.8. The lowest BCUT2D eigenvalue weighted by atomic mass is 9.87. The summed E-state index contributed by atoms with van der Waals surface area (Å²) < 4.78 is 39.4. The van der Waals surface area contributed by atoms with Gasteiger partial charge in [-0.05, 0) is 68.0 Å². The Morgan fingerprint density at radius 3 is 2.67 bits per heavy atom. The van der Waals surface area contributed by atoms with E-state index in [1.807, 2.05) is 0 Å². The number of carbonyl (C=O) groups excluding carboxylic acids is 2. The summed E-state index contributed by atoms with van der Waals surface area (Å²) in [6.07, 6.45) is 0.971. The second kappa shape index (κ2) is 12.2. The molecule has 0 amide bonds. The van der Waals surface area contributed by atoms with Crippen molar-refractivity contribution in [1.82, 2.24) is 9.88 Å². The van der Waals surface area contributed by atoms with Gasteiger partial charge < -0.3 is 14.8 Å². The summed E-state index contributed by atoms with van der Waals surface area (Å²) in [6.45, 7) is 0.606. The van der Waals surface area contributed by atoms with Gasteiger partial charge in [0.2, 0.25) is 0 Å². The molecule has 39 heavy (non-hydrogen) atoms. The number of carbonyl (C=O) groups is 2. The number of alkyl halides is 1. The van der Waals surface area contributed by atoms with Crippen LogP contribution in [0.3, 0.4) is 0 Å². The molecule has 7 nitrogen and oxygen atoms in total. The van der Waals surface area contributed by atoms with Crippen LogP contribution < -0.4 is 5.32 Å². The van der Waals surface area contributed by atoms with Crippen LogP contribution in [0.5, 0.6) is 0 Å². The summed E-state index contributed by atoms with van der Waals surface area (Å²) >= 11 is 7.85. The molecule has 0 bridgehead atoms. The van der Waals surface area contributed by atoms with Gasteiger partial charge >= 0.3 is 5.97 Å². The monoisotopic (exact) mass is 577 g/mol. The van der Waals surface area contributed by atoms with Crippen molar-refractivity contribution in [3.8, 4) is 0 Å². The van der Waals surface area contributed by atoms with E-state index in [-0.39, 0.29) is 42.6 Å². The lowest BCUT2D eigenvalue weighted by Gasteiger charge is -2.33. The molecule has 3 aromatic rings. The van der Waals surface area contributed by atoms with E-state index in [2.05, 4.69) is 10.3 Å². The second-order valence-corrected chi connectivity index (χ2v) is 11.5. The van der Waals surface area contributed by atoms with Gasteiger partial charge in [-0.15, -0.1) is 0 Å². The predicted octanol–water partition coefficient (Wildman–Crippen LogP) is 6.06. The minimum absolute atomic E-state index is 0.0794. The molecule has 1 unspecified atom stereocenters. The van der Waals surface area contributed by atoms with Crippen molar-refractivity contribution >= 4 is 55.7 Å². The number of nitrogens with one attached hydrogen (secondary N) is 1. The number of fused-ring (bicyclic) bond motifs is 1. The molecule has 1 aliphatic carbocycles. The molecule has 11 heteroatoms. The van der Waals surface area contributed by atoms with Crippen molar-refractivity contribution in [3.05, 3.63) is 52.8 Å². The first kappa shape index (κ1) is 27.9. The van der Waals surface area contributed by atoms with Gasteiger partial charge in [-0.2, -0.15) is 0 Å². The minimum Gasteiger partial charge on any atom is -0.469 e. The van der Waals surface area contributed by atoms with Gasteiger partial charge in [0.1, 0.15) is 12.0 Å². The number of Topliss-reactive ketones (excluding diaryl/α,β-unsaturated/α-hetero) is 1. The molecule has 0 spiro atoms. The van der Waals surface area contributed by atoms with Crippen molar-refractivity contribution in [2.75, 3.05) is 25.5 Å². The maximum Gasteiger partial charge on any atom is 0.308 e. The molecule has 0 radical (unpaired) electrons. The molecule has 2 atom stereocenters. The van der Waals surface area contributed by atoms with E-state index in [4.69, 9.17) is 21.1 Å². The van der Waals surface area contributed by atoms with Crippen LogP contribution in [-0.4, -0.2) is 60.3 Å². The molecule has 2 fully saturated rings. The number of esters is 1. The largest absolute Gasteiger partial charge is 0.469 e. The Bertz CT molecular complexity index is 1350. The normalized spacial score (nSPS) is 22.6. The van der Waals surface area contributed by atoms with Crippen LogP contribution in [0.25, 0.3) is 10.2 Å². The number of benzene rings is 2. The highest BCUT2D eigenvalue weighted by Crippen LogP contribution is 2.33. The third kappa shape index (κ3) is 6.74. The number of anilines is 2. The molecule has 1 N–H and O–H groups in total. The topological polar surface area (TPSA) is 80.8 Å². The third-order valence-corrected chi connectivity index (χ3v) is 8.55. The lowest BCUT2D eigenvalue weighted by molar-refractivity contribution is -0.158. The standard InChI is InChI=1S/C28H30ClF2N3O4S/c1-37-27(36)17-3-6-20(7-4-17)38-26(34-11-10-19(31)15-34)24(35)13-16-2-8-22(21(29)12-16)32-28-33-23-9-5-18(30)14-25(23)39-28/h2,5,8-9,12,14,17,19-20,26H,3-4,6-7,10-11,13,15H2,1H3,(H,32,33)/t17?,19-,20?,26?/m0/s1. The zero-order valence-electron chi connectivity index (χ0n) is 21.5. The summed E-state index contributed by atoms with van der Waals surface area (Å²) in [6, 6.07) is 9.72. The first-order valence-corrected chi connectivity index (χ1v) is 14.2. The number of ketones is 1. The summed E-state index contributed by atoms with van der Waals surface area (Å²) in [7, 11) is 1.39. The van der Waals surface area contributed by atoms with Gasteiger partial charge in [-0.1, -0.05) is 29.0 Å². The maximum atomic E-state index is 14.0. The van der Waals surface area contributed by atoms with Gasteiger partial charge in [0.15, 0.2) is 17.1 Å². The van der Waals surface area contributed by atoms with Crippen molar-refractivity contribution in [1.29, 1.82) is 0 Å². The van der Waals surface area contributed by atoms with E-state index >= 15 is 0 Å². The summed E-state index contributed by atoms with van der Waals surface area (Å²) in [5, 5.41) is 4.15. The highest BCUT2D eigenvalue weighted by molar-refractivity contribution is 7.22.